The standard InChI is InChI=1S/C23H16N2O4/c26-21-15(9-6-11-17(21)23(28)29)13-24-20-19(14-7-2-1-3-8-14)25-18-12-5-4-10-16(18)22(20)27/h1-13,26H,(H,25,27)(H,28,29). The monoisotopic (exact) mass is 384 g/mol. The molecule has 6 nitrogen and oxygen atoms in total. The number of carboxylic acids is 1. The Bertz CT molecular complexity index is 1310. The normalized spacial score (nSPS) is 11.2. The molecule has 4 rings (SSSR count). The van der Waals surface area contributed by atoms with Gasteiger partial charge in [-0.25, -0.2) is 9.79 Å². The van der Waals surface area contributed by atoms with Gasteiger partial charge >= 0.3 is 5.97 Å². The molecule has 0 aliphatic heterocycles. The van der Waals surface area contributed by atoms with Gasteiger partial charge in [-0.05, 0) is 24.3 Å². The molecule has 0 unspecified atom stereocenters. The smallest absolute Gasteiger partial charge is 0.339 e. The minimum atomic E-state index is -1.24. The van der Waals surface area contributed by atoms with Gasteiger partial charge in [-0.3, -0.25) is 4.79 Å². The summed E-state index contributed by atoms with van der Waals surface area (Å²) in [5.74, 6) is -1.64. The van der Waals surface area contributed by atoms with E-state index in [4.69, 9.17) is 0 Å². The Hall–Kier alpha value is -4.19. The summed E-state index contributed by atoms with van der Waals surface area (Å²) in [6, 6.07) is 20.8. The van der Waals surface area contributed by atoms with Crippen LogP contribution >= 0.6 is 0 Å². The fourth-order valence-corrected chi connectivity index (χ4v) is 3.13. The number of pyridine rings is 1. The third-order valence-electron chi connectivity index (χ3n) is 4.58. The van der Waals surface area contributed by atoms with E-state index in [1.807, 2.05) is 42.5 Å². The third kappa shape index (κ3) is 3.39. The van der Waals surface area contributed by atoms with Gasteiger partial charge in [-0.2, -0.15) is 0 Å². The molecule has 0 fully saturated rings. The first-order valence-corrected chi connectivity index (χ1v) is 8.86. The van der Waals surface area contributed by atoms with Gasteiger partial charge in [0.2, 0.25) is 5.43 Å². The van der Waals surface area contributed by atoms with Gasteiger partial charge in [-0.15, -0.1) is 0 Å². The number of H-pyrrole nitrogens is 1. The summed E-state index contributed by atoms with van der Waals surface area (Å²) in [5.41, 5.74) is 1.90. The quantitative estimate of drug-likeness (QED) is 0.455. The van der Waals surface area contributed by atoms with Crippen molar-refractivity contribution >= 4 is 28.8 Å². The van der Waals surface area contributed by atoms with Gasteiger partial charge in [0.1, 0.15) is 17.0 Å². The first-order valence-electron chi connectivity index (χ1n) is 8.86. The number of phenols is 1. The first-order chi connectivity index (χ1) is 14.1. The number of hydrogen-bond acceptors (Lipinski definition) is 4. The molecular formula is C23H16N2O4. The molecule has 1 aromatic heterocycles. The Balaban J connectivity index is 1.93. The molecule has 1 heterocycles. The molecule has 0 amide bonds. The molecule has 142 valence electrons. The number of carboxylic acid groups (broad SMARTS) is 1. The number of rotatable bonds is 4. The number of aromatic carboxylic acids is 1. The summed E-state index contributed by atoms with van der Waals surface area (Å²) in [4.78, 5) is 31.9. The van der Waals surface area contributed by atoms with E-state index in [2.05, 4.69) is 9.98 Å². The highest BCUT2D eigenvalue weighted by atomic mass is 16.4. The third-order valence-corrected chi connectivity index (χ3v) is 4.58. The molecule has 0 spiro atoms. The Kier molecular flexibility index (Phi) is 4.66. The molecule has 0 aliphatic rings. The SMILES string of the molecule is O=C(O)c1cccc(C=Nc2c(-c3ccccc3)[nH]c3ccccc3c2=O)c1O. The molecular weight excluding hydrogens is 368 g/mol. The van der Waals surface area contributed by atoms with E-state index < -0.39 is 11.7 Å². The molecule has 0 atom stereocenters. The maximum atomic E-state index is 13.1. The van der Waals surface area contributed by atoms with Crippen LogP contribution < -0.4 is 5.43 Å². The zero-order valence-corrected chi connectivity index (χ0v) is 15.2. The lowest BCUT2D eigenvalue weighted by atomic mass is 10.1. The minimum Gasteiger partial charge on any atom is -0.506 e. The second-order valence-electron chi connectivity index (χ2n) is 6.40. The van der Waals surface area contributed by atoms with Gasteiger partial charge in [-0.1, -0.05) is 48.5 Å². The Labute approximate surface area is 165 Å². The maximum absolute atomic E-state index is 13.1. The first kappa shape index (κ1) is 18.2. The van der Waals surface area contributed by atoms with Gasteiger partial charge in [0.25, 0.3) is 0 Å². The van der Waals surface area contributed by atoms with Crippen LogP contribution in [-0.4, -0.2) is 27.4 Å². The number of para-hydroxylation sites is 2. The number of aromatic amines is 1. The van der Waals surface area contributed by atoms with Crippen molar-refractivity contribution in [2.45, 2.75) is 0 Å². The van der Waals surface area contributed by atoms with Crippen LogP contribution in [0, 0.1) is 0 Å². The van der Waals surface area contributed by atoms with Crippen molar-refractivity contribution in [2.75, 3.05) is 0 Å². The van der Waals surface area contributed by atoms with Crippen molar-refractivity contribution in [3.63, 3.8) is 0 Å². The molecule has 3 aromatic carbocycles. The Morgan fingerprint density at radius 3 is 2.41 bits per heavy atom. The fourth-order valence-electron chi connectivity index (χ4n) is 3.13. The van der Waals surface area contributed by atoms with E-state index in [0.717, 1.165) is 5.56 Å². The van der Waals surface area contributed by atoms with Crippen LogP contribution in [-0.2, 0) is 0 Å². The van der Waals surface area contributed by atoms with E-state index >= 15 is 0 Å². The predicted octanol–water partition coefficient (Wildman–Crippen LogP) is 4.35. The van der Waals surface area contributed by atoms with Crippen LogP contribution in [0.2, 0.25) is 0 Å². The van der Waals surface area contributed by atoms with Crippen LogP contribution in [0.4, 0.5) is 5.69 Å². The van der Waals surface area contributed by atoms with Crippen molar-refractivity contribution in [1.29, 1.82) is 0 Å². The zero-order chi connectivity index (χ0) is 20.4. The van der Waals surface area contributed by atoms with Crippen molar-refractivity contribution in [3.05, 3.63) is 94.1 Å². The maximum Gasteiger partial charge on any atom is 0.339 e. The lowest BCUT2D eigenvalue weighted by molar-refractivity contribution is 0.0693. The van der Waals surface area contributed by atoms with Gasteiger partial charge in [0, 0.05) is 28.2 Å². The predicted molar refractivity (Wildman–Crippen MR) is 112 cm³/mol. The van der Waals surface area contributed by atoms with Crippen molar-refractivity contribution in [1.82, 2.24) is 4.98 Å². The van der Waals surface area contributed by atoms with E-state index in [1.54, 1.807) is 12.1 Å². The highest BCUT2D eigenvalue weighted by Gasteiger charge is 2.14. The van der Waals surface area contributed by atoms with E-state index in [1.165, 1.54) is 24.4 Å². The highest BCUT2D eigenvalue weighted by molar-refractivity contribution is 5.97. The molecule has 6 heteroatoms. The molecule has 4 aromatic rings. The second-order valence-corrected chi connectivity index (χ2v) is 6.40. The van der Waals surface area contributed by atoms with E-state index in [0.29, 0.717) is 16.6 Å². The Morgan fingerprint density at radius 2 is 1.66 bits per heavy atom. The lowest BCUT2D eigenvalue weighted by Gasteiger charge is -2.09. The molecule has 0 saturated carbocycles. The van der Waals surface area contributed by atoms with Gasteiger partial charge < -0.3 is 15.2 Å². The van der Waals surface area contributed by atoms with Crippen molar-refractivity contribution < 1.29 is 15.0 Å². The van der Waals surface area contributed by atoms with Gasteiger partial charge in [0.15, 0.2) is 0 Å². The largest absolute Gasteiger partial charge is 0.506 e. The van der Waals surface area contributed by atoms with Crippen LogP contribution in [0.1, 0.15) is 15.9 Å². The number of aromatic hydroxyl groups is 1. The molecule has 29 heavy (non-hydrogen) atoms. The molecule has 0 saturated heterocycles. The number of aliphatic imine (C=N–C) groups is 1. The molecule has 0 aliphatic carbocycles. The van der Waals surface area contributed by atoms with Crippen LogP contribution in [0.5, 0.6) is 5.75 Å². The number of nitrogens with one attached hydrogen (secondary N) is 1. The number of benzene rings is 3. The zero-order valence-electron chi connectivity index (χ0n) is 15.2. The van der Waals surface area contributed by atoms with E-state index in [9.17, 15) is 19.8 Å². The summed E-state index contributed by atoms with van der Waals surface area (Å²) >= 11 is 0. The van der Waals surface area contributed by atoms with Crippen LogP contribution in [0.25, 0.3) is 22.2 Å². The summed E-state index contributed by atoms with van der Waals surface area (Å²) in [6.07, 6.45) is 1.30. The minimum absolute atomic E-state index is 0.176. The topological polar surface area (TPSA) is 103 Å². The van der Waals surface area contributed by atoms with Crippen molar-refractivity contribution in [2.24, 2.45) is 4.99 Å². The van der Waals surface area contributed by atoms with E-state index in [-0.39, 0.29) is 22.2 Å². The fraction of sp³-hybridized carbons (Fsp3) is 0. The average molecular weight is 384 g/mol. The summed E-state index contributed by atoms with van der Waals surface area (Å²) in [7, 11) is 0. The number of nitrogens with zero attached hydrogens (tertiary/aromatic N) is 1. The van der Waals surface area contributed by atoms with Crippen LogP contribution in [0.15, 0.2) is 82.6 Å². The molecule has 0 bridgehead atoms. The molecule has 3 N–H and O–H groups in total. The van der Waals surface area contributed by atoms with Gasteiger partial charge in [0.05, 0.1) is 5.69 Å². The summed E-state index contributed by atoms with van der Waals surface area (Å²) in [5, 5.41) is 19.9. The number of aromatic nitrogens is 1. The lowest BCUT2D eigenvalue weighted by Crippen LogP contribution is -2.05. The van der Waals surface area contributed by atoms with Crippen LogP contribution in [0.3, 0.4) is 0 Å². The highest BCUT2D eigenvalue weighted by Crippen LogP contribution is 2.28. The Morgan fingerprint density at radius 1 is 0.931 bits per heavy atom. The summed E-state index contributed by atoms with van der Waals surface area (Å²) < 4.78 is 0. The number of hydrogen-bond donors (Lipinski definition) is 3. The number of fused-ring (bicyclic) bond motifs is 1. The number of carbonyl (C=O) groups is 1. The van der Waals surface area contributed by atoms with Crippen molar-refractivity contribution in [3.8, 4) is 17.0 Å². The second kappa shape index (κ2) is 7.44. The average Bonchev–Trinajstić information content (AvgIpc) is 2.74. The summed E-state index contributed by atoms with van der Waals surface area (Å²) in [6.45, 7) is 0. The molecule has 0 radical (unpaired) electrons.